The number of unbranched alkanes of at least 4 members (excludes halogenated alkanes) is 2. The maximum Gasteiger partial charge on any atom is 0.338 e. The number of rotatable bonds is 4. The Hall–Kier alpha value is -2.79. The third-order valence-electron chi connectivity index (χ3n) is 4.88. The van der Waals surface area contributed by atoms with Crippen molar-refractivity contribution < 1.29 is 24.5 Å². The summed E-state index contributed by atoms with van der Waals surface area (Å²) in [6.45, 7) is 3.92. The zero-order valence-electron chi connectivity index (χ0n) is 16.2. The van der Waals surface area contributed by atoms with E-state index < -0.39 is 18.2 Å². The third kappa shape index (κ3) is 4.54. The quantitative estimate of drug-likeness (QED) is 0.576. The first-order chi connectivity index (χ1) is 13.5. The fraction of sp³-hybridized carbons (Fsp3) is 0.348. The lowest BCUT2D eigenvalue weighted by molar-refractivity contribution is -0.00748. The van der Waals surface area contributed by atoms with Crippen LogP contribution in [0.15, 0.2) is 42.5 Å². The molecule has 0 radical (unpaired) electrons. The molecule has 2 aromatic carbocycles. The van der Waals surface area contributed by atoms with Crippen LogP contribution in [-0.4, -0.2) is 28.4 Å². The average Bonchev–Trinajstić information content (AvgIpc) is 2.68. The van der Waals surface area contributed by atoms with Crippen LogP contribution in [0.1, 0.15) is 54.1 Å². The number of aliphatic hydroxyl groups excluding tert-OH is 1. The van der Waals surface area contributed by atoms with Crippen molar-refractivity contribution in [1.82, 2.24) is 0 Å². The number of aryl methyl sites for hydroxylation is 1. The molecular weight excluding hydrogens is 356 g/mol. The molecule has 2 bridgehead atoms. The molecule has 148 valence electrons. The van der Waals surface area contributed by atoms with Crippen molar-refractivity contribution in [3.8, 4) is 17.2 Å². The zero-order chi connectivity index (χ0) is 20.1. The van der Waals surface area contributed by atoms with Gasteiger partial charge in [-0.25, -0.2) is 4.79 Å². The van der Waals surface area contributed by atoms with Gasteiger partial charge in [0.1, 0.15) is 18.0 Å². The lowest BCUT2D eigenvalue weighted by atomic mass is 10.0. The number of phenolic OH excluding ortho intramolecular Hbond substituents is 1. The van der Waals surface area contributed by atoms with Gasteiger partial charge < -0.3 is 19.7 Å². The minimum absolute atomic E-state index is 0.0158. The summed E-state index contributed by atoms with van der Waals surface area (Å²) in [4.78, 5) is 12.8. The van der Waals surface area contributed by atoms with Gasteiger partial charge in [0.2, 0.25) is 0 Å². The second kappa shape index (κ2) is 8.93. The van der Waals surface area contributed by atoms with E-state index >= 15 is 0 Å². The number of hydrogen-bond acceptors (Lipinski definition) is 5. The first-order valence-corrected chi connectivity index (χ1v) is 9.67. The molecule has 3 rings (SSSR count). The van der Waals surface area contributed by atoms with Crippen molar-refractivity contribution in [3.05, 3.63) is 59.2 Å². The molecular formula is C23H26O5. The van der Waals surface area contributed by atoms with E-state index in [9.17, 15) is 15.0 Å². The highest BCUT2D eigenvalue weighted by atomic mass is 16.6. The normalized spacial score (nSPS) is 19.0. The molecule has 1 aliphatic heterocycles. The number of cyclic esters (lactones) is 1. The molecule has 0 aromatic heterocycles. The molecule has 1 heterocycles. The van der Waals surface area contributed by atoms with Crippen LogP contribution in [0.4, 0.5) is 0 Å². The molecule has 2 unspecified atom stereocenters. The molecule has 0 fully saturated rings. The van der Waals surface area contributed by atoms with Gasteiger partial charge >= 0.3 is 5.97 Å². The molecule has 0 spiro atoms. The second-order valence-corrected chi connectivity index (χ2v) is 7.06. The number of esters is 1. The van der Waals surface area contributed by atoms with Gasteiger partial charge in [0.05, 0.1) is 5.56 Å². The van der Waals surface area contributed by atoms with Gasteiger partial charge in [0.15, 0.2) is 11.5 Å². The number of aromatic hydroxyl groups is 1. The Morgan fingerprint density at radius 1 is 1.14 bits per heavy atom. The first kappa shape index (κ1) is 20.0. The minimum atomic E-state index is -0.959. The van der Waals surface area contributed by atoms with Gasteiger partial charge in [-0.05, 0) is 43.5 Å². The number of carbonyl (C=O) groups excluding carboxylic acids is 1. The summed E-state index contributed by atoms with van der Waals surface area (Å²) in [5.74, 6) is 0.197. The highest BCUT2D eigenvalue weighted by molar-refractivity contribution is 5.91. The smallest absolute Gasteiger partial charge is 0.338 e. The van der Waals surface area contributed by atoms with Crippen LogP contribution in [0, 0.1) is 6.92 Å². The summed E-state index contributed by atoms with van der Waals surface area (Å²) in [6, 6.07) is 10.2. The minimum Gasteiger partial charge on any atom is -0.504 e. The molecule has 1 aliphatic rings. The monoisotopic (exact) mass is 382 g/mol. The number of benzene rings is 2. The van der Waals surface area contributed by atoms with Crippen LogP contribution in [-0.2, 0) is 4.74 Å². The van der Waals surface area contributed by atoms with E-state index in [4.69, 9.17) is 9.47 Å². The summed E-state index contributed by atoms with van der Waals surface area (Å²) in [5.41, 5.74) is 1.76. The molecule has 0 saturated carbocycles. The third-order valence-corrected chi connectivity index (χ3v) is 4.88. The summed E-state index contributed by atoms with van der Waals surface area (Å²) in [5, 5.41) is 20.9. The van der Waals surface area contributed by atoms with Crippen LogP contribution < -0.4 is 4.74 Å². The Labute approximate surface area is 165 Å². The highest BCUT2D eigenvalue weighted by Gasteiger charge is 2.24. The van der Waals surface area contributed by atoms with E-state index in [1.54, 1.807) is 42.5 Å². The maximum absolute atomic E-state index is 12.8. The van der Waals surface area contributed by atoms with Crippen LogP contribution in [0.2, 0.25) is 0 Å². The van der Waals surface area contributed by atoms with Crippen molar-refractivity contribution in [1.29, 1.82) is 0 Å². The van der Waals surface area contributed by atoms with Gasteiger partial charge in [-0.3, -0.25) is 0 Å². The largest absolute Gasteiger partial charge is 0.504 e. The Balaban J connectivity index is 2.05. The molecule has 5 heteroatoms. The molecule has 28 heavy (non-hydrogen) atoms. The average molecular weight is 382 g/mol. The summed E-state index contributed by atoms with van der Waals surface area (Å²) in [6.07, 6.45) is 5.14. The number of ether oxygens (including phenoxy) is 2. The molecule has 2 atom stereocenters. The molecule has 0 aliphatic carbocycles. The van der Waals surface area contributed by atoms with Gasteiger partial charge in [0.25, 0.3) is 0 Å². The van der Waals surface area contributed by atoms with Crippen LogP contribution in [0.25, 0.3) is 6.08 Å². The number of para-hydroxylation sites is 1. The van der Waals surface area contributed by atoms with E-state index in [1.807, 2.05) is 6.92 Å². The summed E-state index contributed by atoms with van der Waals surface area (Å²) in [7, 11) is 0. The fourth-order valence-corrected chi connectivity index (χ4v) is 3.21. The first-order valence-electron chi connectivity index (χ1n) is 9.67. The predicted octanol–water partition coefficient (Wildman–Crippen LogP) is 4.99. The van der Waals surface area contributed by atoms with Crippen LogP contribution >= 0.6 is 0 Å². The number of carbonyl (C=O) groups is 1. The van der Waals surface area contributed by atoms with E-state index in [0.29, 0.717) is 23.3 Å². The Morgan fingerprint density at radius 3 is 2.75 bits per heavy atom. The Morgan fingerprint density at radius 2 is 1.96 bits per heavy atom. The van der Waals surface area contributed by atoms with Crippen molar-refractivity contribution in [2.75, 3.05) is 0 Å². The van der Waals surface area contributed by atoms with E-state index in [0.717, 1.165) is 24.8 Å². The number of phenols is 1. The maximum atomic E-state index is 12.8. The topological polar surface area (TPSA) is 76.0 Å². The van der Waals surface area contributed by atoms with Gasteiger partial charge in [-0.2, -0.15) is 0 Å². The molecule has 0 saturated heterocycles. The predicted molar refractivity (Wildman–Crippen MR) is 108 cm³/mol. The van der Waals surface area contributed by atoms with Crippen molar-refractivity contribution in [2.45, 2.75) is 51.7 Å². The van der Waals surface area contributed by atoms with Crippen LogP contribution in [0.5, 0.6) is 17.2 Å². The lowest BCUT2D eigenvalue weighted by Crippen LogP contribution is -2.30. The molecule has 2 aromatic rings. The van der Waals surface area contributed by atoms with Crippen molar-refractivity contribution in [3.63, 3.8) is 0 Å². The number of hydrogen-bond donors (Lipinski definition) is 2. The van der Waals surface area contributed by atoms with Crippen molar-refractivity contribution in [2.24, 2.45) is 0 Å². The standard InChI is InChI=1S/C23H26O5/c1-3-4-5-9-21-19(24)13-11-16-7-6-8-20(25)22(16)27-17-12-10-15(2)18(14-17)23(26)28-21/h6-8,10-14,19,21,24-25H,3-5,9H2,1-2H3. The molecule has 0 amide bonds. The number of aliphatic hydroxyl groups is 1. The highest BCUT2D eigenvalue weighted by Crippen LogP contribution is 2.36. The fourth-order valence-electron chi connectivity index (χ4n) is 3.21. The molecule has 2 N–H and O–H groups in total. The lowest BCUT2D eigenvalue weighted by Gasteiger charge is -2.23. The van der Waals surface area contributed by atoms with Gasteiger partial charge in [0, 0.05) is 5.56 Å². The van der Waals surface area contributed by atoms with E-state index in [1.165, 1.54) is 6.07 Å². The van der Waals surface area contributed by atoms with Crippen LogP contribution in [0.3, 0.4) is 0 Å². The van der Waals surface area contributed by atoms with Gasteiger partial charge in [-0.15, -0.1) is 0 Å². The summed E-state index contributed by atoms with van der Waals surface area (Å²) >= 11 is 0. The SMILES string of the molecule is CCCCCC1OC(=O)c2cc(ccc2C)Oc2c(O)cccc2C=CC1O. The van der Waals surface area contributed by atoms with E-state index in [2.05, 4.69) is 6.92 Å². The van der Waals surface area contributed by atoms with Gasteiger partial charge in [-0.1, -0.05) is 50.1 Å². The summed E-state index contributed by atoms with van der Waals surface area (Å²) < 4.78 is 11.5. The number of fused-ring (bicyclic) bond motifs is 3. The second-order valence-electron chi connectivity index (χ2n) is 7.06. The van der Waals surface area contributed by atoms with E-state index in [-0.39, 0.29) is 11.5 Å². The zero-order valence-corrected chi connectivity index (χ0v) is 16.2. The molecule has 5 nitrogen and oxygen atoms in total. The van der Waals surface area contributed by atoms with Crippen molar-refractivity contribution >= 4 is 12.0 Å². The Kier molecular flexibility index (Phi) is 6.37. The Bertz CT molecular complexity index is 871.